The van der Waals surface area contributed by atoms with Crippen LogP contribution >= 0.6 is 11.3 Å². The van der Waals surface area contributed by atoms with Crippen LogP contribution in [0.15, 0.2) is 34.8 Å². The highest BCUT2D eigenvalue weighted by atomic mass is 32.1. The maximum atomic E-state index is 8.93. The van der Waals surface area contributed by atoms with E-state index in [9.17, 15) is 0 Å². The molecule has 1 N–H and O–H groups in total. The lowest BCUT2D eigenvalue weighted by atomic mass is 10.2. The molecule has 0 amide bonds. The topological polar surface area (TPSA) is 81.9 Å². The van der Waals surface area contributed by atoms with E-state index >= 15 is 0 Å². The molecule has 1 aromatic carbocycles. The summed E-state index contributed by atoms with van der Waals surface area (Å²) in [6, 6.07) is 7.22. The number of hydrogen-bond acceptors (Lipinski definition) is 4. The molecule has 0 atom stereocenters. The standard InChI is InChI=1S/C10H8N4OS/c11-14-13-9-4-2-1-3-8(9)10-12-7(5-15)6-16-10/h1-4,6,15H,5H2. The van der Waals surface area contributed by atoms with Crippen LogP contribution in [0.25, 0.3) is 21.0 Å². The second-order valence-electron chi connectivity index (χ2n) is 3.01. The summed E-state index contributed by atoms with van der Waals surface area (Å²) in [5.41, 5.74) is 10.4. The van der Waals surface area contributed by atoms with E-state index in [2.05, 4.69) is 15.0 Å². The van der Waals surface area contributed by atoms with E-state index in [4.69, 9.17) is 10.6 Å². The lowest BCUT2D eigenvalue weighted by Crippen LogP contribution is -1.82. The first kappa shape index (κ1) is 10.6. The highest BCUT2D eigenvalue weighted by molar-refractivity contribution is 7.13. The van der Waals surface area contributed by atoms with Gasteiger partial charge in [0.25, 0.3) is 0 Å². The molecule has 1 aromatic heterocycles. The van der Waals surface area contributed by atoms with Gasteiger partial charge in [0.1, 0.15) is 5.01 Å². The molecule has 2 rings (SSSR count). The SMILES string of the molecule is [N-]=[N+]=Nc1ccccc1-c1nc(CO)cs1. The average molecular weight is 232 g/mol. The van der Waals surface area contributed by atoms with E-state index in [0.717, 1.165) is 10.6 Å². The van der Waals surface area contributed by atoms with Gasteiger partial charge < -0.3 is 5.11 Å². The molecule has 16 heavy (non-hydrogen) atoms. The Kier molecular flexibility index (Phi) is 3.16. The fourth-order valence-electron chi connectivity index (χ4n) is 1.29. The third-order valence-corrected chi connectivity index (χ3v) is 2.93. The maximum absolute atomic E-state index is 8.93. The van der Waals surface area contributed by atoms with Gasteiger partial charge in [-0.2, -0.15) is 0 Å². The summed E-state index contributed by atoms with van der Waals surface area (Å²) in [6.07, 6.45) is 0. The Morgan fingerprint density at radius 1 is 1.44 bits per heavy atom. The van der Waals surface area contributed by atoms with Gasteiger partial charge in [-0.3, -0.25) is 0 Å². The highest BCUT2D eigenvalue weighted by Gasteiger charge is 2.07. The zero-order chi connectivity index (χ0) is 11.4. The van der Waals surface area contributed by atoms with Crippen LogP contribution in [-0.4, -0.2) is 10.1 Å². The van der Waals surface area contributed by atoms with Crippen molar-refractivity contribution in [2.75, 3.05) is 0 Å². The van der Waals surface area contributed by atoms with Gasteiger partial charge in [0.05, 0.1) is 12.3 Å². The van der Waals surface area contributed by atoms with Gasteiger partial charge in [-0.25, -0.2) is 4.98 Å². The van der Waals surface area contributed by atoms with Crippen molar-refractivity contribution < 1.29 is 5.11 Å². The highest BCUT2D eigenvalue weighted by Crippen LogP contribution is 2.32. The van der Waals surface area contributed by atoms with Crippen LogP contribution in [0, 0.1) is 0 Å². The molecular weight excluding hydrogens is 224 g/mol. The number of rotatable bonds is 3. The summed E-state index contributed by atoms with van der Waals surface area (Å²) in [5.74, 6) is 0. The van der Waals surface area contributed by atoms with Crippen molar-refractivity contribution in [2.45, 2.75) is 6.61 Å². The van der Waals surface area contributed by atoms with Gasteiger partial charge in [-0.05, 0) is 5.53 Å². The molecule has 2 aromatic rings. The molecule has 0 radical (unpaired) electrons. The predicted molar refractivity (Wildman–Crippen MR) is 62.3 cm³/mol. The Balaban J connectivity index is 2.50. The molecular formula is C10H8N4OS. The Morgan fingerprint density at radius 2 is 2.25 bits per heavy atom. The average Bonchev–Trinajstić information content (AvgIpc) is 2.79. The van der Waals surface area contributed by atoms with Crippen molar-refractivity contribution in [3.8, 4) is 10.6 Å². The van der Waals surface area contributed by atoms with Crippen molar-refractivity contribution in [2.24, 2.45) is 5.11 Å². The minimum absolute atomic E-state index is 0.0832. The van der Waals surface area contributed by atoms with Gasteiger partial charge in [-0.15, -0.1) is 11.3 Å². The Labute approximate surface area is 95.6 Å². The molecule has 6 heteroatoms. The van der Waals surface area contributed by atoms with E-state index in [1.807, 2.05) is 12.1 Å². The lowest BCUT2D eigenvalue weighted by Gasteiger charge is -1.99. The minimum atomic E-state index is -0.0832. The zero-order valence-electron chi connectivity index (χ0n) is 8.24. The van der Waals surface area contributed by atoms with Gasteiger partial charge >= 0.3 is 0 Å². The van der Waals surface area contributed by atoms with Crippen LogP contribution < -0.4 is 0 Å². The number of nitrogens with zero attached hydrogens (tertiary/aromatic N) is 4. The first-order valence-electron chi connectivity index (χ1n) is 4.55. The molecule has 0 spiro atoms. The van der Waals surface area contributed by atoms with Crippen LogP contribution in [0.4, 0.5) is 5.69 Å². The molecule has 0 aliphatic rings. The lowest BCUT2D eigenvalue weighted by molar-refractivity contribution is 0.278. The van der Waals surface area contributed by atoms with E-state index < -0.39 is 0 Å². The molecule has 0 unspecified atom stereocenters. The summed E-state index contributed by atoms with van der Waals surface area (Å²) in [4.78, 5) is 7.00. The molecule has 80 valence electrons. The molecule has 0 saturated carbocycles. The van der Waals surface area contributed by atoms with Crippen molar-refractivity contribution in [3.63, 3.8) is 0 Å². The fraction of sp³-hybridized carbons (Fsp3) is 0.100. The second kappa shape index (κ2) is 4.76. The third kappa shape index (κ3) is 2.04. The summed E-state index contributed by atoms with van der Waals surface area (Å²) < 4.78 is 0. The number of azide groups is 1. The van der Waals surface area contributed by atoms with Crippen LogP contribution in [-0.2, 0) is 6.61 Å². The molecule has 0 aliphatic carbocycles. The molecule has 0 fully saturated rings. The summed E-state index contributed by atoms with van der Waals surface area (Å²) in [6.45, 7) is -0.0832. The van der Waals surface area contributed by atoms with Crippen molar-refractivity contribution in [1.29, 1.82) is 0 Å². The Hall–Kier alpha value is -1.88. The Morgan fingerprint density at radius 3 is 2.94 bits per heavy atom. The normalized spacial score (nSPS) is 9.81. The van der Waals surface area contributed by atoms with Gasteiger partial charge in [-0.1, -0.05) is 29.4 Å². The molecule has 0 bridgehead atoms. The number of benzene rings is 1. The number of aromatic nitrogens is 1. The smallest absolute Gasteiger partial charge is 0.124 e. The van der Waals surface area contributed by atoms with Crippen molar-refractivity contribution in [3.05, 3.63) is 45.8 Å². The van der Waals surface area contributed by atoms with Gasteiger partial charge in [0, 0.05) is 21.5 Å². The molecule has 0 saturated heterocycles. The molecule has 0 aliphatic heterocycles. The largest absolute Gasteiger partial charge is 0.390 e. The summed E-state index contributed by atoms with van der Waals surface area (Å²) in [5, 5.41) is 15.1. The zero-order valence-corrected chi connectivity index (χ0v) is 9.05. The van der Waals surface area contributed by atoms with E-state index in [0.29, 0.717) is 11.4 Å². The van der Waals surface area contributed by atoms with Gasteiger partial charge in [0.2, 0.25) is 0 Å². The number of hydrogen-bond donors (Lipinski definition) is 1. The van der Waals surface area contributed by atoms with E-state index in [1.54, 1.807) is 17.5 Å². The van der Waals surface area contributed by atoms with Crippen LogP contribution in [0.5, 0.6) is 0 Å². The van der Waals surface area contributed by atoms with Crippen LogP contribution in [0.2, 0.25) is 0 Å². The molecule has 1 heterocycles. The number of aliphatic hydroxyl groups is 1. The summed E-state index contributed by atoms with van der Waals surface area (Å²) in [7, 11) is 0. The number of thiazole rings is 1. The van der Waals surface area contributed by atoms with Crippen LogP contribution in [0.1, 0.15) is 5.69 Å². The molecule has 5 nitrogen and oxygen atoms in total. The summed E-state index contributed by atoms with van der Waals surface area (Å²) >= 11 is 1.41. The number of aliphatic hydroxyl groups excluding tert-OH is 1. The third-order valence-electron chi connectivity index (χ3n) is 2.00. The fourth-order valence-corrected chi connectivity index (χ4v) is 2.14. The first-order valence-corrected chi connectivity index (χ1v) is 5.43. The van der Waals surface area contributed by atoms with Crippen LogP contribution in [0.3, 0.4) is 0 Å². The van der Waals surface area contributed by atoms with Crippen molar-refractivity contribution in [1.82, 2.24) is 4.98 Å². The monoisotopic (exact) mass is 232 g/mol. The van der Waals surface area contributed by atoms with E-state index in [1.165, 1.54) is 11.3 Å². The first-order chi connectivity index (χ1) is 7.85. The predicted octanol–water partition coefficient (Wildman–Crippen LogP) is 3.24. The van der Waals surface area contributed by atoms with Gasteiger partial charge in [0.15, 0.2) is 0 Å². The van der Waals surface area contributed by atoms with E-state index in [-0.39, 0.29) is 6.61 Å². The minimum Gasteiger partial charge on any atom is -0.390 e. The Bertz CT molecular complexity index is 545. The quantitative estimate of drug-likeness (QED) is 0.500. The maximum Gasteiger partial charge on any atom is 0.124 e. The second-order valence-corrected chi connectivity index (χ2v) is 3.87. The van der Waals surface area contributed by atoms with Crippen molar-refractivity contribution >= 4 is 17.0 Å².